The molecule has 0 aromatic rings. The summed E-state index contributed by atoms with van der Waals surface area (Å²) in [6, 6.07) is 0. The van der Waals surface area contributed by atoms with Crippen molar-refractivity contribution in [3.8, 4) is 0 Å². The van der Waals surface area contributed by atoms with Gasteiger partial charge in [-0.05, 0) is 31.3 Å². The molecule has 1 aliphatic carbocycles. The van der Waals surface area contributed by atoms with Crippen molar-refractivity contribution in [2.45, 2.75) is 57.2 Å². The highest BCUT2D eigenvalue weighted by Crippen LogP contribution is 2.21. The van der Waals surface area contributed by atoms with E-state index in [0.717, 1.165) is 37.7 Å². The third kappa shape index (κ3) is 7.01. The van der Waals surface area contributed by atoms with Crippen LogP contribution in [-0.4, -0.2) is 30.6 Å². The van der Waals surface area contributed by atoms with E-state index < -0.39 is 18.9 Å². The number of alkyl halides is 3. The van der Waals surface area contributed by atoms with Crippen LogP contribution in [0.15, 0.2) is 11.6 Å². The molecule has 1 aliphatic rings. The van der Waals surface area contributed by atoms with E-state index in [-0.39, 0.29) is 13.0 Å². The smallest absolute Gasteiger partial charge is 0.389 e. The van der Waals surface area contributed by atoms with E-state index in [9.17, 15) is 18.3 Å². The Morgan fingerprint density at radius 3 is 2.67 bits per heavy atom. The minimum absolute atomic E-state index is 0.0575. The lowest BCUT2D eigenvalue weighted by molar-refractivity contribution is -0.174. The Morgan fingerprint density at radius 1 is 1.22 bits per heavy atom. The third-order valence-corrected chi connectivity index (χ3v) is 3.06. The third-order valence-electron chi connectivity index (χ3n) is 3.06. The van der Waals surface area contributed by atoms with Gasteiger partial charge in [0.05, 0.1) is 6.10 Å². The number of aliphatic hydroxyl groups is 1. The van der Waals surface area contributed by atoms with Gasteiger partial charge in [0, 0.05) is 13.0 Å². The molecule has 0 fully saturated rings. The van der Waals surface area contributed by atoms with Crippen molar-refractivity contribution in [1.82, 2.24) is 0 Å². The molecule has 0 aliphatic heterocycles. The SMILES string of the molecule is OC(CCOCC(F)(F)F)C1=CCCCCCC1. The Kier molecular flexibility index (Phi) is 6.71. The second kappa shape index (κ2) is 7.79. The van der Waals surface area contributed by atoms with Gasteiger partial charge in [-0.1, -0.05) is 18.9 Å². The average molecular weight is 266 g/mol. The van der Waals surface area contributed by atoms with Crippen LogP contribution in [0.4, 0.5) is 13.2 Å². The Bertz CT molecular complexity index is 261. The number of rotatable bonds is 5. The Balaban J connectivity index is 2.24. The van der Waals surface area contributed by atoms with Gasteiger partial charge >= 0.3 is 6.18 Å². The summed E-state index contributed by atoms with van der Waals surface area (Å²) in [5.74, 6) is 0. The van der Waals surface area contributed by atoms with Gasteiger partial charge in [0.25, 0.3) is 0 Å². The van der Waals surface area contributed by atoms with Gasteiger partial charge in [-0.2, -0.15) is 13.2 Å². The van der Waals surface area contributed by atoms with Crippen molar-refractivity contribution in [2.24, 2.45) is 0 Å². The maximum atomic E-state index is 11.8. The summed E-state index contributed by atoms with van der Waals surface area (Å²) in [6.07, 6.45) is 3.68. The van der Waals surface area contributed by atoms with Gasteiger partial charge in [-0.3, -0.25) is 0 Å². The van der Waals surface area contributed by atoms with Gasteiger partial charge < -0.3 is 9.84 Å². The lowest BCUT2D eigenvalue weighted by atomic mass is 9.95. The van der Waals surface area contributed by atoms with Gasteiger partial charge in [0.1, 0.15) is 6.61 Å². The standard InChI is InChI=1S/C13H21F3O2/c14-13(15,16)10-18-9-8-12(17)11-6-4-2-1-3-5-7-11/h6,12,17H,1-5,7-10H2. The lowest BCUT2D eigenvalue weighted by Crippen LogP contribution is -2.20. The first kappa shape index (κ1) is 15.5. The molecule has 5 heteroatoms. The highest BCUT2D eigenvalue weighted by molar-refractivity contribution is 5.08. The van der Waals surface area contributed by atoms with Gasteiger partial charge in [-0.15, -0.1) is 0 Å². The van der Waals surface area contributed by atoms with Crippen LogP contribution in [0.2, 0.25) is 0 Å². The molecule has 0 saturated carbocycles. The zero-order chi connectivity index (χ0) is 13.4. The van der Waals surface area contributed by atoms with Crippen LogP contribution in [0.25, 0.3) is 0 Å². The molecule has 106 valence electrons. The number of hydrogen-bond acceptors (Lipinski definition) is 2. The summed E-state index contributed by atoms with van der Waals surface area (Å²) in [6.45, 7) is -1.29. The highest BCUT2D eigenvalue weighted by Gasteiger charge is 2.27. The molecule has 0 saturated heterocycles. The zero-order valence-corrected chi connectivity index (χ0v) is 10.5. The highest BCUT2D eigenvalue weighted by atomic mass is 19.4. The Hall–Kier alpha value is -0.550. The van der Waals surface area contributed by atoms with Gasteiger partial charge in [-0.25, -0.2) is 0 Å². The molecule has 1 unspecified atom stereocenters. The predicted molar refractivity (Wildman–Crippen MR) is 63.3 cm³/mol. The minimum Gasteiger partial charge on any atom is -0.389 e. The molecule has 0 spiro atoms. The normalized spacial score (nSPS) is 19.9. The first-order chi connectivity index (χ1) is 8.49. The van der Waals surface area contributed by atoms with E-state index in [4.69, 9.17) is 0 Å². The number of ether oxygens (including phenoxy) is 1. The summed E-state index contributed by atoms with van der Waals surface area (Å²) in [4.78, 5) is 0. The minimum atomic E-state index is -4.29. The van der Waals surface area contributed by atoms with Crippen molar-refractivity contribution in [2.75, 3.05) is 13.2 Å². The van der Waals surface area contributed by atoms with E-state index >= 15 is 0 Å². The van der Waals surface area contributed by atoms with Crippen LogP contribution < -0.4 is 0 Å². The largest absolute Gasteiger partial charge is 0.411 e. The van der Waals surface area contributed by atoms with Crippen LogP contribution in [0, 0.1) is 0 Å². The fourth-order valence-electron chi connectivity index (χ4n) is 2.09. The molecule has 18 heavy (non-hydrogen) atoms. The maximum Gasteiger partial charge on any atom is 0.411 e. The number of halogens is 3. The molecular formula is C13H21F3O2. The number of hydrogen-bond donors (Lipinski definition) is 1. The maximum absolute atomic E-state index is 11.8. The summed E-state index contributed by atoms with van der Waals surface area (Å²) >= 11 is 0. The summed E-state index contributed by atoms with van der Waals surface area (Å²) < 4.78 is 40.0. The monoisotopic (exact) mass is 266 g/mol. The van der Waals surface area contributed by atoms with Gasteiger partial charge in [0.15, 0.2) is 0 Å². The molecule has 0 aromatic heterocycles. The summed E-state index contributed by atoms with van der Waals surface area (Å²) in [5.41, 5.74) is 0.963. The molecular weight excluding hydrogens is 245 g/mol. The van der Waals surface area contributed by atoms with E-state index in [0.29, 0.717) is 0 Å². The van der Waals surface area contributed by atoms with Crippen LogP contribution in [-0.2, 0) is 4.74 Å². The zero-order valence-electron chi connectivity index (χ0n) is 10.5. The average Bonchev–Trinajstić information content (AvgIpc) is 2.22. The quantitative estimate of drug-likeness (QED) is 0.608. The molecule has 2 nitrogen and oxygen atoms in total. The molecule has 1 rings (SSSR count). The topological polar surface area (TPSA) is 29.5 Å². The van der Waals surface area contributed by atoms with Crippen LogP contribution in [0.1, 0.15) is 44.9 Å². The second-order valence-electron chi connectivity index (χ2n) is 4.70. The molecule has 0 heterocycles. The number of aliphatic hydroxyl groups excluding tert-OH is 1. The van der Waals surface area contributed by atoms with Crippen LogP contribution >= 0.6 is 0 Å². The van der Waals surface area contributed by atoms with E-state index in [1.54, 1.807) is 0 Å². The van der Waals surface area contributed by atoms with Crippen molar-refractivity contribution < 1.29 is 23.0 Å². The fraction of sp³-hybridized carbons (Fsp3) is 0.846. The van der Waals surface area contributed by atoms with Crippen LogP contribution in [0.5, 0.6) is 0 Å². The molecule has 1 N–H and O–H groups in total. The second-order valence-corrected chi connectivity index (χ2v) is 4.70. The van der Waals surface area contributed by atoms with Crippen LogP contribution in [0.3, 0.4) is 0 Å². The molecule has 1 atom stereocenters. The lowest BCUT2D eigenvalue weighted by Gasteiger charge is -2.17. The Morgan fingerprint density at radius 2 is 1.94 bits per heavy atom. The van der Waals surface area contributed by atoms with Crippen molar-refractivity contribution in [1.29, 1.82) is 0 Å². The summed E-state index contributed by atoms with van der Waals surface area (Å²) in [5, 5.41) is 9.89. The van der Waals surface area contributed by atoms with E-state index in [2.05, 4.69) is 4.74 Å². The molecule has 0 amide bonds. The van der Waals surface area contributed by atoms with Crippen molar-refractivity contribution in [3.63, 3.8) is 0 Å². The number of allylic oxidation sites excluding steroid dienone is 1. The van der Waals surface area contributed by atoms with E-state index in [1.165, 1.54) is 6.42 Å². The first-order valence-corrected chi connectivity index (χ1v) is 6.50. The first-order valence-electron chi connectivity index (χ1n) is 6.50. The van der Waals surface area contributed by atoms with Crippen molar-refractivity contribution in [3.05, 3.63) is 11.6 Å². The van der Waals surface area contributed by atoms with Gasteiger partial charge in [0.2, 0.25) is 0 Å². The molecule has 0 bridgehead atoms. The summed E-state index contributed by atoms with van der Waals surface area (Å²) in [7, 11) is 0. The Labute approximate surface area is 106 Å². The fourth-order valence-corrected chi connectivity index (χ4v) is 2.09. The van der Waals surface area contributed by atoms with Crippen molar-refractivity contribution >= 4 is 0 Å². The van der Waals surface area contributed by atoms with E-state index in [1.807, 2.05) is 6.08 Å². The molecule has 0 radical (unpaired) electrons. The molecule has 0 aromatic carbocycles. The predicted octanol–water partition coefficient (Wildman–Crippen LogP) is 3.60.